The zero-order valence-electron chi connectivity index (χ0n) is 10.2. The first-order chi connectivity index (χ1) is 8.95. The quantitative estimate of drug-likeness (QED) is 0.809. The lowest BCUT2D eigenvalue weighted by Crippen LogP contribution is -2.28. The molecule has 1 atom stereocenters. The summed E-state index contributed by atoms with van der Waals surface area (Å²) >= 11 is 3.31. The number of hydrogen-bond acceptors (Lipinski definition) is 2. The Balaban J connectivity index is 2.59. The van der Waals surface area contributed by atoms with Crippen molar-refractivity contribution in [2.75, 3.05) is 20.3 Å². The molecule has 0 heterocycles. The number of benzene rings is 1. The van der Waals surface area contributed by atoms with Gasteiger partial charge in [0, 0.05) is 30.6 Å². The van der Waals surface area contributed by atoms with Gasteiger partial charge in [0.25, 0.3) is 5.91 Å². The molecule has 0 aromatic heterocycles. The number of hydrogen-bond donors (Lipinski definition) is 1. The average Bonchev–Trinajstić information content (AvgIpc) is 2.27. The Labute approximate surface area is 117 Å². The van der Waals surface area contributed by atoms with Crippen LogP contribution in [0.4, 0.5) is 13.2 Å². The largest absolute Gasteiger partial charge is 0.384 e. The lowest BCUT2D eigenvalue weighted by Gasteiger charge is -2.10. The van der Waals surface area contributed by atoms with Crippen LogP contribution in [0.25, 0.3) is 0 Å². The van der Waals surface area contributed by atoms with Crippen molar-refractivity contribution >= 4 is 21.8 Å². The minimum atomic E-state index is -1.22. The van der Waals surface area contributed by atoms with Crippen molar-refractivity contribution in [2.45, 2.75) is 11.2 Å². The van der Waals surface area contributed by atoms with Gasteiger partial charge in [0.05, 0.1) is 6.61 Å². The highest BCUT2D eigenvalue weighted by Gasteiger charge is 2.18. The first-order valence-electron chi connectivity index (χ1n) is 5.51. The molecular formula is C12H13BrF3NO2. The molecule has 1 unspecified atom stereocenters. The van der Waals surface area contributed by atoms with Gasteiger partial charge in [-0.2, -0.15) is 0 Å². The van der Waals surface area contributed by atoms with E-state index in [0.29, 0.717) is 25.2 Å². The van der Waals surface area contributed by atoms with Crippen LogP contribution in [0.1, 0.15) is 16.8 Å². The van der Waals surface area contributed by atoms with E-state index in [2.05, 4.69) is 21.2 Å². The van der Waals surface area contributed by atoms with E-state index in [-0.39, 0.29) is 11.4 Å². The molecule has 106 valence electrons. The minimum absolute atomic E-state index is 0.0284. The summed E-state index contributed by atoms with van der Waals surface area (Å²) in [7, 11) is 1.54. The molecule has 7 heteroatoms. The highest BCUT2D eigenvalue weighted by Crippen LogP contribution is 2.14. The predicted molar refractivity (Wildman–Crippen MR) is 67.9 cm³/mol. The Morgan fingerprint density at radius 3 is 2.47 bits per heavy atom. The number of carbonyl (C=O) groups excluding carboxylic acids is 1. The molecule has 0 aliphatic heterocycles. The summed E-state index contributed by atoms with van der Waals surface area (Å²) in [5, 5.41) is 2.36. The molecule has 0 fully saturated rings. The number of carbonyl (C=O) groups is 1. The van der Waals surface area contributed by atoms with E-state index >= 15 is 0 Å². The summed E-state index contributed by atoms with van der Waals surface area (Å²) < 4.78 is 44.2. The maximum absolute atomic E-state index is 13.3. The van der Waals surface area contributed by atoms with Gasteiger partial charge in [0.1, 0.15) is 23.0 Å². The fraction of sp³-hybridized carbons (Fsp3) is 0.417. The molecule has 1 aromatic carbocycles. The molecular weight excluding hydrogens is 327 g/mol. The number of amides is 1. The average molecular weight is 340 g/mol. The van der Waals surface area contributed by atoms with Crippen LogP contribution in [0.2, 0.25) is 0 Å². The number of alkyl halides is 1. The SMILES string of the molecule is COCC(Br)CCNC(=O)c1c(F)cc(F)cc1F. The van der Waals surface area contributed by atoms with Crippen LogP contribution in [-0.2, 0) is 4.74 Å². The fourth-order valence-corrected chi connectivity index (χ4v) is 1.95. The van der Waals surface area contributed by atoms with Crippen LogP contribution in [0.15, 0.2) is 12.1 Å². The second-order valence-electron chi connectivity index (χ2n) is 3.84. The van der Waals surface area contributed by atoms with Gasteiger partial charge in [-0.05, 0) is 6.42 Å². The summed E-state index contributed by atoms with van der Waals surface area (Å²) in [6.07, 6.45) is 0.532. The second kappa shape index (κ2) is 7.49. The van der Waals surface area contributed by atoms with E-state index in [1.807, 2.05) is 0 Å². The third-order valence-electron chi connectivity index (χ3n) is 2.32. The summed E-state index contributed by atoms with van der Waals surface area (Å²) in [6, 6.07) is 0.937. The predicted octanol–water partition coefficient (Wildman–Crippen LogP) is 2.63. The molecule has 3 nitrogen and oxygen atoms in total. The minimum Gasteiger partial charge on any atom is -0.384 e. The van der Waals surface area contributed by atoms with Crippen LogP contribution in [-0.4, -0.2) is 31.0 Å². The topological polar surface area (TPSA) is 38.3 Å². The second-order valence-corrected chi connectivity index (χ2v) is 5.14. The highest BCUT2D eigenvalue weighted by atomic mass is 79.9. The van der Waals surface area contributed by atoms with Crippen LogP contribution >= 0.6 is 15.9 Å². The molecule has 0 saturated carbocycles. The molecule has 1 N–H and O–H groups in total. The van der Waals surface area contributed by atoms with Crippen LogP contribution in [0.3, 0.4) is 0 Å². The van der Waals surface area contributed by atoms with Gasteiger partial charge in [0.15, 0.2) is 0 Å². The van der Waals surface area contributed by atoms with E-state index in [1.54, 1.807) is 0 Å². The van der Waals surface area contributed by atoms with Crippen molar-refractivity contribution in [3.8, 4) is 0 Å². The smallest absolute Gasteiger partial charge is 0.257 e. The molecule has 0 aliphatic carbocycles. The lowest BCUT2D eigenvalue weighted by molar-refractivity contribution is 0.0943. The number of nitrogens with one attached hydrogen (secondary N) is 1. The lowest BCUT2D eigenvalue weighted by atomic mass is 10.1. The van der Waals surface area contributed by atoms with Crippen molar-refractivity contribution < 1.29 is 22.7 Å². The monoisotopic (exact) mass is 339 g/mol. The highest BCUT2D eigenvalue weighted by molar-refractivity contribution is 9.09. The molecule has 0 spiro atoms. The van der Waals surface area contributed by atoms with E-state index in [4.69, 9.17) is 4.74 Å². The van der Waals surface area contributed by atoms with Crippen molar-refractivity contribution in [1.82, 2.24) is 5.32 Å². The van der Waals surface area contributed by atoms with Crippen LogP contribution in [0.5, 0.6) is 0 Å². The number of halogens is 4. The van der Waals surface area contributed by atoms with Gasteiger partial charge >= 0.3 is 0 Å². The molecule has 1 aromatic rings. The van der Waals surface area contributed by atoms with Crippen molar-refractivity contribution in [3.05, 3.63) is 35.1 Å². The summed E-state index contributed by atoms with van der Waals surface area (Å²) in [4.78, 5) is 11.6. The van der Waals surface area contributed by atoms with Gasteiger partial charge < -0.3 is 10.1 Å². The molecule has 0 aliphatic rings. The Bertz CT molecular complexity index is 434. The van der Waals surface area contributed by atoms with Gasteiger partial charge in [-0.1, -0.05) is 15.9 Å². The Kier molecular flexibility index (Phi) is 6.30. The van der Waals surface area contributed by atoms with Gasteiger partial charge in [0.2, 0.25) is 0 Å². The van der Waals surface area contributed by atoms with Gasteiger partial charge in [-0.25, -0.2) is 13.2 Å². The number of rotatable bonds is 6. The molecule has 1 amide bonds. The van der Waals surface area contributed by atoms with Gasteiger partial charge in [-0.3, -0.25) is 4.79 Å². The zero-order valence-corrected chi connectivity index (χ0v) is 11.8. The summed E-state index contributed by atoms with van der Waals surface area (Å²) in [6.45, 7) is 0.670. The molecule has 0 saturated heterocycles. The first-order valence-corrected chi connectivity index (χ1v) is 6.43. The van der Waals surface area contributed by atoms with Crippen molar-refractivity contribution in [1.29, 1.82) is 0 Å². The zero-order chi connectivity index (χ0) is 14.4. The maximum atomic E-state index is 13.3. The third kappa shape index (κ3) is 4.83. The fourth-order valence-electron chi connectivity index (χ4n) is 1.45. The summed E-state index contributed by atoms with van der Waals surface area (Å²) in [5.74, 6) is -4.41. The normalized spacial score (nSPS) is 12.3. The maximum Gasteiger partial charge on any atom is 0.257 e. The van der Waals surface area contributed by atoms with E-state index < -0.39 is 28.9 Å². The number of ether oxygens (including phenoxy) is 1. The Hall–Kier alpha value is -1.08. The molecule has 1 rings (SSSR count). The van der Waals surface area contributed by atoms with E-state index in [1.165, 1.54) is 7.11 Å². The standard InChI is InChI=1S/C12H13BrF3NO2/c1-19-6-7(13)2-3-17-12(18)11-9(15)4-8(14)5-10(11)16/h4-5,7H,2-3,6H2,1H3,(H,17,18). The van der Waals surface area contributed by atoms with Crippen molar-refractivity contribution in [3.63, 3.8) is 0 Å². The van der Waals surface area contributed by atoms with E-state index in [0.717, 1.165) is 0 Å². The molecule has 0 bridgehead atoms. The number of methoxy groups -OCH3 is 1. The first kappa shape index (κ1) is 16.0. The van der Waals surface area contributed by atoms with E-state index in [9.17, 15) is 18.0 Å². The Morgan fingerprint density at radius 2 is 1.95 bits per heavy atom. The summed E-state index contributed by atoms with van der Waals surface area (Å²) in [5.41, 5.74) is -0.778. The third-order valence-corrected chi connectivity index (χ3v) is 3.05. The van der Waals surface area contributed by atoms with Gasteiger partial charge in [-0.15, -0.1) is 0 Å². The molecule has 19 heavy (non-hydrogen) atoms. The van der Waals surface area contributed by atoms with Crippen LogP contribution in [0, 0.1) is 17.5 Å². The Morgan fingerprint density at radius 1 is 1.37 bits per heavy atom. The van der Waals surface area contributed by atoms with Crippen LogP contribution < -0.4 is 5.32 Å². The van der Waals surface area contributed by atoms with Crippen molar-refractivity contribution in [2.24, 2.45) is 0 Å². The molecule has 0 radical (unpaired) electrons.